The second-order valence-corrected chi connectivity index (χ2v) is 2.08. The number of amides is 1. The van der Waals surface area contributed by atoms with Gasteiger partial charge in [0.15, 0.2) is 0 Å². The van der Waals surface area contributed by atoms with Gasteiger partial charge in [0.1, 0.15) is 0 Å². The Bertz CT molecular complexity index is 201. The fourth-order valence-corrected chi connectivity index (χ4v) is 0.900. The van der Waals surface area contributed by atoms with Gasteiger partial charge in [-0.3, -0.25) is 4.79 Å². The normalized spacial score (nSPS) is 23.1. The van der Waals surface area contributed by atoms with E-state index < -0.39 is 0 Å². The standard InChI is InChI=1S/C7H9NO/c1-3-6-4-7(9)8-5(6)2/h3H,4H2,1-2H3. The molecule has 1 amide bonds. The first kappa shape index (κ1) is 6.20. The van der Waals surface area contributed by atoms with Crippen molar-refractivity contribution in [1.82, 2.24) is 0 Å². The number of allylic oxidation sites excluding steroid dienone is 1. The molecule has 2 nitrogen and oxygen atoms in total. The summed E-state index contributed by atoms with van der Waals surface area (Å²) in [4.78, 5) is 14.3. The van der Waals surface area contributed by atoms with Crippen LogP contribution in [0.5, 0.6) is 0 Å². The van der Waals surface area contributed by atoms with Crippen molar-refractivity contribution in [3.63, 3.8) is 0 Å². The van der Waals surface area contributed by atoms with Crippen molar-refractivity contribution >= 4 is 11.6 Å². The van der Waals surface area contributed by atoms with Crippen LogP contribution >= 0.6 is 0 Å². The number of hydrogen-bond donors (Lipinski definition) is 0. The van der Waals surface area contributed by atoms with Crippen molar-refractivity contribution < 1.29 is 4.79 Å². The smallest absolute Gasteiger partial charge is 0.250 e. The summed E-state index contributed by atoms with van der Waals surface area (Å²) in [6, 6.07) is 0. The van der Waals surface area contributed by atoms with Gasteiger partial charge in [-0.15, -0.1) is 0 Å². The maximum Gasteiger partial charge on any atom is 0.250 e. The minimum absolute atomic E-state index is 0.0133. The van der Waals surface area contributed by atoms with E-state index in [2.05, 4.69) is 4.99 Å². The highest BCUT2D eigenvalue weighted by Gasteiger charge is 2.14. The monoisotopic (exact) mass is 123 g/mol. The molecule has 0 saturated heterocycles. The third kappa shape index (κ3) is 1.07. The number of nitrogens with zero attached hydrogens (tertiary/aromatic N) is 1. The van der Waals surface area contributed by atoms with E-state index in [1.54, 1.807) is 0 Å². The van der Waals surface area contributed by atoms with Crippen LogP contribution in [0.3, 0.4) is 0 Å². The topological polar surface area (TPSA) is 29.4 Å². The first-order valence-electron chi connectivity index (χ1n) is 2.97. The summed E-state index contributed by atoms with van der Waals surface area (Å²) in [6.07, 6.45) is 2.44. The van der Waals surface area contributed by atoms with Crippen LogP contribution in [0.15, 0.2) is 16.6 Å². The van der Waals surface area contributed by atoms with Gasteiger partial charge in [-0.1, -0.05) is 6.08 Å². The summed E-state index contributed by atoms with van der Waals surface area (Å²) in [5.74, 6) is -0.0133. The van der Waals surface area contributed by atoms with Crippen molar-refractivity contribution in [3.05, 3.63) is 11.6 Å². The van der Waals surface area contributed by atoms with E-state index in [0.29, 0.717) is 6.42 Å². The number of carbonyl (C=O) groups excluding carboxylic acids is 1. The Labute approximate surface area is 54.3 Å². The van der Waals surface area contributed by atoms with Crippen LogP contribution in [0.1, 0.15) is 20.3 Å². The molecular formula is C7H9NO. The molecule has 0 bridgehead atoms. The summed E-state index contributed by atoms with van der Waals surface area (Å²) in [6.45, 7) is 3.78. The van der Waals surface area contributed by atoms with Gasteiger partial charge in [0.2, 0.25) is 5.91 Å². The molecule has 1 aliphatic heterocycles. The van der Waals surface area contributed by atoms with Crippen molar-refractivity contribution in [2.24, 2.45) is 4.99 Å². The molecule has 48 valence electrons. The molecule has 0 N–H and O–H groups in total. The van der Waals surface area contributed by atoms with Crippen LogP contribution in [0.2, 0.25) is 0 Å². The van der Waals surface area contributed by atoms with Gasteiger partial charge in [0, 0.05) is 5.71 Å². The summed E-state index contributed by atoms with van der Waals surface area (Å²) in [5.41, 5.74) is 1.95. The average Bonchev–Trinajstić information content (AvgIpc) is 2.10. The molecule has 1 rings (SSSR count). The zero-order chi connectivity index (χ0) is 6.85. The van der Waals surface area contributed by atoms with Gasteiger partial charge in [0.25, 0.3) is 0 Å². The zero-order valence-corrected chi connectivity index (χ0v) is 5.64. The van der Waals surface area contributed by atoms with Crippen LogP contribution in [-0.2, 0) is 4.79 Å². The third-order valence-electron chi connectivity index (χ3n) is 1.45. The first-order chi connectivity index (χ1) is 4.24. The van der Waals surface area contributed by atoms with E-state index in [4.69, 9.17) is 0 Å². The van der Waals surface area contributed by atoms with Gasteiger partial charge in [0.05, 0.1) is 6.42 Å². The maximum absolute atomic E-state index is 10.6. The highest BCUT2D eigenvalue weighted by molar-refractivity contribution is 6.12. The van der Waals surface area contributed by atoms with Crippen molar-refractivity contribution in [1.29, 1.82) is 0 Å². The van der Waals surface area contributed by atoms with E-state index in [9.17, 15) is 4.79 Å². The average molecular weight is 123 g/mol. The van der Waals surface area contributed by atoms with E-state index in [1.807, 2.05) is 19.9 Å². The molecule has 0 saturated carbocycles. The predicted octanol–water partition coefficient (Wildman–Crippen LogP) is 1.32. The summed E-state index contributed by atoms with van der Waals surface area (Å²) in [7, 11) is 0. The van der Waals surface area contributed by atoms with Crippen LogP contribution in [0, 0.1) is 0 Å². The number of hydrogen-bond acceptors (Lipinski definition) is 1. The summed E-state index contributed by atoms with van der Waals surface area (Å²) < 4.78 is 0. The van der Waals surface area contributed by atoms with Crippen LogP contribution in [0.4, 0.5) is 0 Å². The Morgan fingerprint density at radius 3 is 2.56 bits per heavy atom. The van der Waals surface area contributed by atoms with Crippen LogP contribution in [0.25, 0.3) is 0 Å². The Hall–Kier alpha value is -0.920. The molecule has 1 heterocycles. The van der Waals surface area contributed by atoms with Crippen molar-refractivity contribution in [2.75, 3.05) is 0 Å². The molecule has 0 unspecified atom stereocenters. The fraction of sp³-hybridized carbons (Fsp3) is 0.429. The van der Waals surface area contributed by atoms with Crippen LogP contribution in [-0.4, -0.2) is 11.6 Å². The first-order valence-corrected chi connectivity index (χ1v) is 2.97. The third-order valence-corrected chi connectivity index (χ3v) is 1.45. The summed E-state index contributed by atoms with van der Waals surface area (Å²) in [5, 5.41) is 0. The van der Waals surface area contributed by atoms with Gasteiger partial charge >= 0.3 is 0 Å². The number of rotatable bonds is 0. The molecule has 0 fully saturated rings. The Morgan fingerprint density at radius 2 is 2.33 bits per heavy atom. The van der Waals surface area contributed by atoms with Crippen molar-refractivity contribution in [2.45, 2.75) is 20.3 Å². The van der Waals surface area contributed by atoms with Gasteiger partial charge in [-0.05, 0) is 19.4 Å². The quantitative estimate of drug-likeness (QED) is 0.477. The lowest BCUT2D eigenvalue weighted by atomic mass is 10.1. The summed E-state index contributed by atoms with van der Waals surface area (Å²) >= 11 is 0. The second kappa shape index (κ2) is 2.13. The zero-order valence-electron chi connectivity index (χ0n) is 5.64. The molecule has 0 spiro atoms. The van der Waals surface area contributed by atoms with E-state index in [-0.39, 0.29) is 5.91 Å². The maximum atomic E-state index is 10.6. The lowest BCUT2D eigenvalue weighted by molar-refractivity contribution is -0.116. The SMILES string of the molecule is CC=C1CC(=O)N=C1C. The highest BCUT2D eigenvalue weighted by atomic mass is 16.1. The van der Waals surface area contributed by atoms with Gasteiger partial charge < -0.3 is 0 Å². The second-order valence-electron chi connectivity index (χ2n) is 2.08. The number of aliphatic imine (C=N–C) groups is 1. The fourth-order valence-electron chi connectivity index (χ4n) is 0.900. The minimum Gasteiger partial charge on any atom is -0.272 e. The molecule has 0 radical (unpaired) electrons. The molecule has 9 heavy (non-hydrogen) atoms. The Kier molecular flexibility index (Phi) is 1.47. The molecule has 0 aliphatic carbocycles. The van der Waals surface area contributed by atoms with E-state index in [1.165, 1.54) is 0 Å². The van der Waals surface area contributed by atoms with Gasteiger partial charge in [-0.25, -0.2) is 4.99 Å². The minimum atomic E-state index is -0.0133. The molecular weight excluding hydrogens is 114 g/mol. The van der Waals surface area contributed by atoms with Gasteiger partial charge in [-0.2, -0.15) is 0 Å². The Morgan fingerprint density at radius 1 is 1.67 bits per heavy atom. The van der Waals surface area contributed by atoms with E-state index >= 15 is 0 Å². The lowest BCUT2D eigenvalue weighted by Gasteiger charge is -1.88. The van der Waals surface area contributed by atoms with Crippen LogP contribution < -0.4 is 0 Å². The highest BCUT2D eigenvalue weighted by Crippen LogP contribution is 2.12. The molecule has 0 aromatic rings. The Balaban J connectivity index is 2.89. The number of carbonyl (C=O) groups is 1. The molecule has 0 aromatic heterocycles. The van der Waals surface area contributed by atoms with E-state index in [0.717, 1.165) is 11.3 Å². The molecule has 0 atom stereocenters. The van der Waals surface area contributed by atoms with Crippen molar-refractivity contribution in [3.8, 4) is 0 Å². The largest absolute Gasteiger partial charge is 0.272 e. The predicted molar refractivity (Wildman–Crippen MR) is 36.5 cm³/mol. The molecule has 2 heteroatoms. The molecule has 1 aliphatic rings. The lowest BCUT2D eigenvalue weighted by Crippen LogP contribution is -1.88. The molecule has 0 aromatic carbocycles.